The molecule has 128 valence electrons. The van der Waals surface area contributed by atoms with Gasteiger partial charge in [-0.05, 0) is 12.0 Å². The quantitative estimate of drug-likeness (QED) is 0.586. The van der Waals surface area contributed by atoms with Crippen LogP contribution in [0.1, 0.15) is 38.7 Å². The van der Waals surface area contributed by atoms with Gasteiger partial charge in [0.25, 0.3) is 0 Å². The predicted octanol–water partition coefficient (Wildman–Crippen LogP) is 2.21. The minimum absolute atomic E-state index is 0.0213. The van der Waals surface area contributed by atoms with Gasteiger partial charge in [0, 0.05) is 6.42 Å². The fourth-order valence-corrected chi connectivity index (χ4v) is 1.57. The van der Waals surface area contributed by atoms with Crippen LogP contribution in [0.4, 0.5) is 0 Å². The smallest absolute Gasteiger partial charge is 0.328 e. The molecule has 1 atom stereocenters. The van der Waals surface area contributed by atoms with E-state index in [1.54, 1.807) is 0 Å². The molecule has 0 spiro atoms. The second-order valence-corrected chi connectivity index (χ2v) is 4.75. The van der Waals surface area contributed by atoms with Crippen molar-refractivity contribution in [3.8, 4) is 0 Å². The third-order valence-electron chi connectivity index (χ3n) is 2.63. The number of hydrogen-bond acceptors (Lipinski definition) is 5. The highest BCUT2D eigenvalue weighted by atomic mass is 16.5. The average molecular weight is 323 g/mol. The molecule has 1 aromatic carbocycles. The highest BCUT2D eigenvalue weighted by Crippen LogP contribution is 2.05. The molecule has 1 rings (SSSR count). The Morgan fingerprint density at radius 3 is 2.35 bits per heavy atom. The van der Waals surface area contributed by atoms with Crippen molar-refractivity contribution in [1.29, 1.82) is 0 Å². The number of hydrogen-bond donors (Lipinski definition) is 1. The van der Waals surface area contributed by atoms with Crippen molar-refractivity contribution < 1.29 is 23.9 Å². The Bertz CT molecular complexity index is 461. The molecule has 0 aliphatic rings. The molecule has 0 radical (unpaired) electrons. The van der Waals surface area contributed by atoms with Gasteiger partial charge in [-0.25, -0.2) is 4.79 Å². The van der Waals surface area contributed by atoms with E-state index in [4.69, 9.17) is 4.74 Å². The van der Waals surface area contributed by atoms with Crippen LogP contribution in [0.5, 0.6) is 0 Å². The molecule has 1 aromatic rings. The van der Waals surface area contributed by atoms with Crippen molar-refractivity contribution in [2.75, 3.05) is 7.11 Å². The maximum atomic E-state index is 11.5. The zero-order valence-corrected chi connectivity index (χ0v) is 13.9. The number of carbonyl (C=O) groups is 3. The van der Waals surface area contributed by atoms with Crippen LogP contribution in [0.3, 0.4) is 0 Å². The second-order valence-electron chi connectivity index (χ2n) is 4.75. The summed E-state index contributed by atoms with van der Waals surface area (Å²) in [6, 6.07) is 8.44. The Hall–Kier alpha value is -2.37. The molecular weight excluding hydrogens is 298 g/mol. The van der Waals surface area contributed by atoms with E-state index < -0.39 is 18.0 Å². The van der Waals surface area contributed by atoms with E-state index in [-0.39, 0.29) is 19.4 Å². The zero-order valence-electron chi connectivity index (χ0n) is 13.9. The van der Waals surface area contributed by atoms with Crippen LogP contribution in [-0.2, 0) is 30.5 Å². The van der Waals surface area contributed by atoms with Gasteiger partial charge in [-0.2, -0.15) is 0 Å². The van der Waals surface area contributed by atoms with Gasteiger partial charge in [-0.1, -0.05) is 50.6 Å². The molecule has 1 unspecified atom stereocenters. The Morgan fingerprint density at radius 1 is 1.22 bits per heavy atom. The number of benzene rings is 1. The van der Waals surface area contributed by atoms with Crippen LogP contribution in [0.15, 0.2) is 30.3 Å². The van der Waals surface area contributed by atoms with Crippen molar-refractivity contribution in [2.24, 2.45) is 0 Å². The number of ether oxygens (including phenoxy) is 2. The highest BCUT2D eigenvalue weighted by molar-refractivity contribution is 5.79. The number of amides is 1. The lowest BCUT2D eigenvalue weighted by molar-refractivity contribution is -0.147. The lowest BCUT2D eigenvalue weighted by Crippen LogP contribution is -2.37. The molecular formula is C17H25NO5. The van der Waals surface area contributed by atoms with Gasteiger partial charge in [-0.15, -0.1) is 0 Å². The molecule has 0 fully saturated rings. The second kappa shape index (κ2) is 13.3. The molecule has 6 nitrogen and oxygen atoms in total. The first-order valence-corrected chi connectivity index (χ1v) is 7.56. The zero-order chi connectivity index (χ0) is 17.5. The molecule has 1 amide bonds. The molecule has 1 N–H and O–H groups in total. The van der Waals surface area contributed by atoms with Gasteiger partial charge in [-0.3, -0.25) is 9.59 Å². The van der Waals surface area contributed by atoms with Crippen molar-refractivity contribution in [3.63, 3.8) is 0 Å². The van der Waals surface area contributed by atoms with E-state index in [1.165, 1.54) is 13.5 Å². The Labute approximate surface area is 137 Å². The summed E-state index contributed by atoms with van der Waals surface area (Å²) in [5, 5.41) is 2.30. The van der Waals surface area contributed by atoms with E-state index in [1.807, 2.05) is 30.3 Å². The minimum Gasteiger partial charge on any atom is -0.467 e. The lowest BCUT2D eigenvalue weighted by Gasteiger charge is -2.12. The van der Waals surface area contributed by atoms with Crippen LogP contribution < -0.4 is 5.32 Å². The normalized spacial score (nSPS) is 10.6. The van der Waals surface area contributed by atoms with Gasteiger partial charge < -0.3 is 14.8 Å². The SMILES string of the molecule is CCC.COC(=O)C(CCC(=O)OCc1ccccc1)NC=O. The average Bonchev–Trinajstić information content (AvgIpc) is 2.57. The summed E-state index contributed by atoms with van der Waals surface area (Å²) in [5.74, 6) is -1.02. The first kappa shape index (κ1) is 20.6. The Kier molecular flexibility index (Phi) is 11.9. The molecule has 23 heavy (non-hydrogen) atoms. The molecule has 6 heteroatoms. The fraction of sp³-hybridized carbons (Fsp3) is 0.471. The van der Waals surface area contributed by atoms with Crippen LogP contribution >= 0.6 is 0 Å². The maximum Gasteiger partial charge on any atom is 0.328 e. The number of rotatable bonds is 8. The number of esters is 2. The van der Waals surface area contributed by atoms with E-state index in [0.29, 0.717) is 6.41 Å². The number of methoxy groups -OCH3 is 1. The molecule has 0 aliphatic carbocycles. The van der Waals surface area contributed by atoms with Crippen molar-refractivity contribution in [1.82, 2.24) is 5.32 Å². The van der Waals surface area contributed by atoms with Crippen molar-refractivity contribution >= 4 is 18.3 Å². The third kappa shape index (κ3) is 10.1. The largest absolute Gasteiger partial charge is 0.467 e. The lowest BCUT2D eigenvalue weighted by atomic mass is 10.1. The summed E-state index contributed by atoms with van der Waals surface area (Å²) < 4.78 is 9.58. The van der Waals surface area contributed by atoms with Crippen molar-refractivity contribution in [2.45, 2.75) is 45.8 Å². The van der Waals surface area contributed by atoms with Crippen LogP contribution in [0, 0.1) is 0 Å². The van der Waals surface area contributed by atoms with Crippen LogP contribution in [0.25, 0.3) is 0 Å². The first-order chi connectivity index (χ1) is 11.1. The van der Waals surface area contributed by atoms with Gasteiger partial charge >= 0.3 is 11.9 Å². The highest BCUT2D eigenvalue weighted by Gasteiger charge is 2.19. The Morgan fingerprint density at radius 2 is 1.83 bits per heavy atom. The summed E-state index contributed by atoms with van der Waals surface area (Å²) in [5.41, 5.74) is 0.886. The number of nitrogens with one attached hydrogen (secondary N) is 1. The fourth-order valence-electron chi connectivity index (χ4n) is 1.57. The topological polar surface area (TPSA) is 81.7 Å². The summed E-state index contributed by atoms with van der Waals surface area (Å²) in [7, 11) is 1.22. The minimum atomic E-state index is -0.832. The summed E-state index contributed by atoms with van der Waals surface area (Å²) in [4.78, 5) is 33.2. The number of carbonyl (C=O) groups excluding carboxylic acids is 3. The molecule has 0 aromatic heterocycles. The molecule has 0 saturated carbocycles. The van der Waals surface area contributed by atoms with Gasteiger partial charge in [0.2, 0.25) is 6.41 Å². The molecule has 0 aliphatic heterocycles. The monoisotopic (exact) mass is 323 g/mol. The van der Waals surface area contributed by atoms with E-state index in [0.717, 1.165) is 5.56 Å². The predicted molar refractivity (Wildman–Crippen MR) is 86.4 cm³/mol. The van der Waals surface area contributed by atoms with Crippen LogP contribution in [-0.4, -0.2) is 31.5 Å². The van der Waals surface area contributed by atoms with Crippen LogP contribution in [0.2, 0.25) is 0 Å². The van der Waals surface area contributed by atoms with E-state index in [9.17, 15) is 14.4 Å². The van der Waals surface area contributed by atoms with Crippen molar-refractivity contribution in [3.05, 3.63) is 35.9 Å². The molecule has 0 saturated heterocycles. The van der Waals surface area contributed by atoms with E-state index in [2.05, 4.69) is 23.9 Å². The van der Waals surface area contributed by atoms with Gasteiger partial charge in [0.15, 0.2) is 0 Å². The first-order valence-electron chi connectivity index (χ1n) is 7.56. The molecule has 0 heterocycles. The van der Waals surface area contributed by atoms with Gasteiger partial charge in [0.1, 0.15) is 12.6 Å². The maximum absolute atomic E-state index is 11.5. The Balaban J connectivity index is 0.00000149. The molecule has 0 bridgehead atoms. The van der Waals surface area contributed by atoms with E-state index >= 15 is 0 Å². The summed E-state index contributed by atoms with van der Waals surface area (Å²) in [6.45, 7) is 4.43. The standard InChI is InChI=1S/C14H17NO5.C3H8/c1-19-14(18)12(15-10-16)7-8-13(17)20-9-11-5-3-2-4-6-11;1-3-2/h2-6,10,12H,7-9H2,1H3,(H,15,16);3H2,1-2H3. The summed E-state index contributed by atoms with van der Waals surface area (Å²) >= 11 is 0. The third-order valence-corrected chi connectivity index (χ3v) is 2.63. The van der Waals surface area contributed by atoms with Gasteiger partial charge in [0.05, 0.1) is 7.11 Å². The summed E-state index contributed by atoms with van der Waals surface area (Å²) in [6.07, 6.45) is 1.81.